The van der Waals surface area contributed by atoms with E-state index in [4.69, 9.17) is 4.74 Å². The maximum Gasteiger partial charge on any atom is 0.311 e. The molecule has 1 N–H and O–H groups in total. The highest BCUT2D eigenvalue weighted by Crippen LogP contribution is 2.74. The van der Waals surface area contributed by atoms with Crippen LogP contribution in [0.25, 0.3) is 0 Å². The van der Waals surface area contributed by atoms with E-state index < -0.39 is 11.4 Å². The zero-order chi connectivity index (χ0) is 26.0. The number of esters is 1. The molecule has 0 aromatic carbocycles. The molecule has 4 nitrogen and oxygen atoms in total. The summed E-state index contributed by atoms with van der Waals surface area (Å²) in [6.07, 6.45) is 12.0. The number of carboxylic acids is 1. The Bertz CT molecular complexity index is 950. The fourth-order valence-corrected chi connectivity index (χ4v) is 9.69. The van der Waals surface area contributed by atoms with Gasteiger partial charge in [0.05, 0.1) is 12.5 Å². The number of methoxy groups -OCH3 is 1. The van der Waals surface area contributed by atoms with Gasteiger partial charge in [-0.15, -0.1) is 0 Å². The summed E-state index contributed by atoms with van der Waals surface area (Å²) in [5.41, 5.74) is 2.73. The molecule has 0 aliphatic heterocycles. The molecule has 8 atom stereocenters. The summed E-state index contributed by atoms with van der Waals surface area (Å²) in [6, 6.07) is 0. The second-order valence-corrected chi connectivity index (χ2v) is 14.0. The van der Waals surface area contributed by atoms with Crippen molar-refractivity contribution < 1.29 is 19.4 Å². The maximum absolute atomic E-state index is 12.8. The molecular weight excluding hydrogens is 436 g/mol. The monoisotopic (exact) mass is 484 g/mol. The second kappa shape index (κ2) is 8.48. The van der Waals surface area contributed by atoms with Gasteiger partial charge >= 0.3 is 11.9 Å². The van der Waals surface area contributed by atoms with Crippen LogP contribution in [0.2, 0.25) is 0 Å². The Hall–Kier alpha value is -1.58. The molecule has 4 aliphatic carbocycles. The number of carbonyl (C=O) groups excluding carboxylic acids is 1. The van der Waals surface area contributed by atoms with Gasteiger partial charge in [-0.05, 0) is 111 Å². The minimum atomic E-state index is -0.699. The zero-order valence-corrected chi connectivity index (χ0v) is 23.3. The van der Waals surface area contributed by atoms with Gasteiger partial charge in [-0.2, -0.15) is 0 Å². The van der Waals surface area contributed by atoms with E-state index in [2.05, 4.69) is 54.2 Å². The molecule has 0 aromatic rings. The number of carboxylic acid groups (broad SMARTS) is 1. The van der Waals surface area contributed by atoms with Crippen molar-refractivity contribution in [2.24, 2.45) is 44.8 Å². The van der Waals surface area contributed by atoms with E-state index >= 15 is 0 Å². The summed E-state index contributed by atoms with van der Waals surface area (Å²) in [7, 11) is 1.52. The highest BCUT2D eigenvalue weighted by Gasteiger charge is 2.66. The third kappa shape index (κ3) is 3.75. The normalized spacial score (nSPS) is 46.9. The van der Waals surface area contributed by atoms with Crippen LogP contribution in [0.15, 0.2) is 23.8 Å². The lowest BCUT2D eigenvalue weighted by Crippen LogP contribution is -2.61. The molecule has 0 saturated heterocycles. The fourth-order valence-electron chi connectivity index (χ4n) is 9.69. The number of rotatable bonds is 5. The SMILES string of the molecule is C=C(C)[C@@H]1CC[C@]2(C)[C@H](CC=C3[C@@H]4C[C@](C)(C(=O)OC)CC[C@]4(C)CC[C@]32C)[C@@]1(C)CCC(=O)O. The zero-order valence-electron chi connectivity index (χ0n) is 23.3. The standard InChI is InChI=1S/C31H48O4/c1-20(2)21-11-14-31(7)24(29(21,5)13-12-25(32)33)10-9-22-23-19-28(4,26(34)35-8)16-15-27(23,3)17-18-30(22,31)6/h9,21,23-24H,1,10-19H2,2-8H3,(H,32,33)/t21-,23-,24+,27+,28+,29-,30+,31+/m0/s1. The first-order valence-electron chi connectivity index (χ1n) is 13.8. The summed E-state index contributed by atoms with van der Waals surface area (Å²) in [4.78, 5) is 24.5. The van der Waals surface area contributed by atoms with Gasteiger partial charge in [0.25, 0.3) is 0 Å². The molecule has 196 valence electrons. The van der Waals surface area contributed by atoms with Gasteiger partial charge in [0.2, 0.25) is 0 Å². The molecule has 0 heterocycles. The predicted molar refractivity (Wildman–Crippen MR) is 140 cm³/mol. The van der Waals surface area contributed by atoms with Crippen LogP contribution in [0, 0.1) is 44.8 Å². The Morgan fingerprint density at radius 3 is 2.34 bits per heavy atom. The fraction of sp³-hybridized carbons (Fsp3) is 0.806. The predicted octanol–water partition coefficient (Wildman–Crippen LogP) is 7.58. The van der Waals surface area contributed by atoms with Crippen LogP contribution in [-0.4, -0.2) is 24.2 Å². The molecule has 0 spiro atoms. The Labute approximate surface area is 213 Å². The number of ether oxygens (including phenoxy) is 1. The molecule has 35 heavy (non-hydrogen) atoms. The van der Waals surface area contributed by atoms with Crippen molar-refractivity contribution in [3.05, 3.63) is 23.8 Å². The number of carbonyl (C=O) groups is 2. The summed E-state index contributed by atoms with van der Waals surface area (Å²) < 4.78 is 5.27. The molecule has 3 saturated carbocycles. The first-order valence-corrected chi connectivity index (χ1v) is 13.8. The van der Waals surface area contributed by atoms with E-state index in [0.717, 1.165) is 38.5 Å². The van der Waals surface area contributed by atoms with E-state index in [0.29, 0.717) is 24.2 Å². The summed E-state index contributed by atoms with van der Waals surface area (Å²) in [6.45, 7) is 18.5. The Morgan fingerprint density at radius 2 is 1.74 bits per heavy atom. The molecule has 0 bridgehead atoms. The van der Waals surface area contributed by atoms with Crippen LogP contribution in [0.4, 0.5) is 0 Å². The lowest BCUT2D eigenvalue weighted by Gasteiger charge is -2.69. The number of hydrogen-bond acceptors (Lipinski definition) is 3. The minimum absolute atomic E-state index is 0.0597. The van der Waals surface area contributed by atoms with Gasteiger partial charge in [-0.25, -0.2) is 0 Å². The molecule has 0 unspecified atom stereocenters. The van der Waals surface area contributed by atoms with Crippen molar-refractivity contribution >= 4 is 11.9 Å². The van der Waals surface area contributed by atoms with Crippen LogP contribution in [0.5, 0.6) is 0 Å². The van der Waals surface area contributed by atoms with Crippen LogP contribution in [0.3, 0.4) is 0 Å². The van der Waals surface area contributed by atoms with Crippen molar-refractivity contribution in [1.82, 2.24) is 0 Å². The summed E-state index contributed by atoms with van der Waals surface area (Å²) in [5, 5.41) is 9.58. The van der Waals surface area contributed by atoms with Crippen molar-refractivity contribution in [1.29, 1.82) is 0 Å². The van der Waals surface area contributed by atoms with E-state index in [-0.39, 0.29) is 34.1 Å². The molecular formula is C31H48O4. The lowest BCUT2D eigenvalue weighted by atomic mass is 9.35. The molecule has 4 heteroatoms. The second-order valence-electron chi connectivity index (χ2n) is 14.0. The van der Waals surface area contributed by atoms with E-state index in [1.54, 1.807) is 5.57 Å². The van der Waals surface area contributed by atoms with Gasteiger partial charge in [-0.3, -0.25) is 9.59 Å². The molecule has 3 fully saturated rings. The third-order valence-corrected chi connectivity index (χ3v) is 12.3. The highest BCUT2D eigenvalue weighted by atomic mass is 16.5. The molecule has 0 amide bonds. The maximum atomic E-state index is 12.8. The van der Waals surface area contributed by atoms with E-state index in [9.17, 15) is 14.7 Å². The quantitative estimate of drug-likeness (QED) is 0.323. The Balaban J connectivity index is 1.78. The number of aliphatic carboxylic acids is 1. The summed E-state index contributed by atoms with van der Waals surface area (Å²) >= 11 is 0. The molecule has 0 radical (unpaired) electrons. The minimum Gasteiger partial charge on any atom is -0.481 e. The Kier molecular flexibility index (Phi) is 6.42. The number of fused-ring (bicyclic) bond motifs is 5. The average molecular weight is 485 g/mol. The highest BCUT2D eigenvalue weighted by molar-refractivity contribution is 5.76. The number of allylic oxidation sites excluding steroid dienone is 3. The smallest absolute Gasteiger partial charge is 0.311 e. The van der Waals surface area contributed by atoms with Gasteiger partial charge in [-0.1, -0.05) is 51.5 Å². The van der Waals surface area contributed by atoms with Crippen LogP contribution < -0.4 is 0 Å². The van der Waals surface area contributed by atoms with E-state index in [1.165, 1.54) is 25.5 Å². The van der Waals surface area contributed by atoms with Crippen molar-refractivity contribution in [2.75, 3.05) is 7.11 Å². The van der Waals surface area contributed by atoms with Crippen molar-refractivity contribution in [3.63, 3.8) is 0 Å². The molecule has 4 rings (SSSR count). The van der Waals surface area contributed by atoms with Crippen molar-refractivity contribution in [3.8, 4) is 0 Å². The van der Waals surface area contributed by atoms with E-state index in [1.807, 2.05) is 0 Å². The van der Waals surface area contributed by atoms with Gasteiger partial charge < -0.3 is 9.84 Å². The number of hydrogen-bond donors (Lipinski definition) is 1. The average Bonchev–Trinajstić information content (AvgIpc) is 2.79. The van der Waals surface area contributed by atoms with Crippen LogP contribution in [0.1, 0.15) is 106 Å². The van der Waals surface area contributed by atoms with Crippen LogP contribution in [-0.2, 0) is 14.3 Å². The first kappa shape index (κ1) is 26.5. The summed E-state index contributed by atoms with van der Waals surface area (Å²) in [5.74, 6) is 0.439. The Morgan fingerprint density at radius 1 is 1.09 bits per heavy atom. The van der Waals surface area contributed by atoms with Crippen molar-refractivity contribution in [2.45, 2.75) is 106 Å². The molecule has 4 aliphatic rings. The van der Waals surface area contributed by atoms with Gasteiger partial charge in [0.15, 0.2) is 0 Å². The van der Waals surface area contributed by atoms with Gasteiger partial charge in [0.1, 0.15) is 0 Å². The lowest BCUT2D eigenvalue weighted by molar-refractivity contribution is -0.163. The van der Waals surface area contributed by atoms with Gasteiger partial charge in [0, 0.05) is 6.42 Å². The third-order valence-electron chi connectivity index (χ3n) is 12.3. The largest absolute Gasteiger partial charge is 0.481 e. The topological polar surface area (TPSA) is 63.6 Å². The molecule has 0 aromatic heterocycles. The first-order chi connectivity index (χ1) is 16.2. The van der Waals surface area contributed by atoms with Crippen LogP contribution >= 0.6 is 0 Å².